The van der Waals surface area contributed by atoms with Crippen molar-refractivity contribution < 1.29 is 30.4 Å². The third kappa shape index (κ3) is 12.8. The van der Waals surface area contributed by atoms with Crippen molar-refractivity contribution >= 4 is 8.60 Å². The molecule has 0 saturated carbocycles. The average Bonchev–Trinajstić information content (AvgIpc) is 2.06. The molecule has 5 heteroatoms. The summed E-state index contributed by atoms with van der Waals surface area (Å²) < 4.78 is 9.83. The van der Waals surface area contributed by atoms with Crippen molar-refractivity contribution in [3.63, 3.8) is 0 Å². The summed E-state index contributed by atoms with van der Waals surface area (Å²) in [7, 11) is -1.85. The standard InChI is InChI=1S/C8H18O3P.Ni/c1-3-5-7-10-12(9)11-8-6-4-2;/h3-8H2,1-2H3;/q-1;. The van der Waals surface area contributed by atoms with E-state index in [0.29, 0.717) is 13.2 Å². The van der Waals surface area contributed by atoms with Crippen LogP contribution in [0.15, 0.2) is 0 Å². The molecule has 0 fully saturated rings. The van der Waals surface area contributed by atoms with E-state index >= 15 is 0 Å². The monoisotopic (exact) mass is 251 g/mol. The van der Waals surface area contributed by atoms with Gasteiger partial charge < -0.3 is 13.9 Å². The molecule has 0 aromatic rings. The Labute approximate surface area is 92.1 Å². The quantitative estimate of drug-likeness (QED) is 0.377. The van der Waals surface area contributed by atoms with Gasteiger partial charge in [-0.05, 0) is 12.8 Å². The zero-order valence-electron chi connectivity index (χ0n) is 8.23. The Balaban J connectivity index is 0. The Kier molecular flexibility index (Phi) is 16.0. The summed E-state index contributed by atoms with van der Waals surface area (Å²) in [5, 5.41) is 0. The van der Waals surface area contributed by atoms with Gasteiger partial charge in [-0.3, -0.25) is 0 Å². The molecule has 84 valence electrons. The molecule has 0 aliphatic heterocycles. The van der Waals surface area contributed by atoms with Gasteiger partial charge in [0, 0.05) is 16.5 Å². The fraction of sp³-hybridized carbons (Fsp3) is 1.00. The van der Waals surface area contributed by atoms with Crippen LogP contribution >= 0.6 is 8.60 Å². The molecular weight excluding hydrogens is 234 g/mol. The van der Waals surface area contributed by atoms with E-state index < -0.39 is 8.60 Å². The molecule has 0 bridgehead atoms. The van der Waals surface area contributed by atoms with Gasteiger partial charge in [-0.1, -0.05) is 26.7 Å². The molecule has 0 unspecified atom stereocenters. The molecule has 0 aliphatic rings. The first-order chi connectivity index (χ1) is 5.81. The van der Waals surface area contributed by atoms with Gasteiger partial charge in [0.1, 0.15) is 0 Å². The molecule has 0 N–H and O–H groups in total. The smallest absolute Gasteiger partial charge is 0.0828 e. The first-order valence-electron chi connectivity index (χ1n) is 4.54. The van der Waals surface area contributed by atoms with E-state index in [0.717, 1.165) is 25.7 Å². The third-order valence-corrected chi connectivity index (χ3v) is 2.18. The predicted octanol–water partition coefficient (Wildman–Crippen LogP) is 2.20. The summed E-state index contributed by atoms with van der Waals surface area (Å²) in [5.74, 6) is 0. The van der Waals surface area contributed by atoms with Crippen LogP contribution in [0, 0.1) is 0 Å². The first-order valence-corrected chi connectivity index (χ1v) is 5.63. The molecule has 0 aromatic heterocycles. The molecule has 13 heavy (non-hydrogen) atoms. The molecule has 0 heterocycles. The van der Waals surface area contributed by atoms with Crippen LogP contribution in [0.4, 0.5) is 0 Å². The number of hydrogen-bond acceptors (Lipinski definition) is 3. The van der Waals surface area contributed by atoms with Crippen molar-refractivity contribution in [1.82, 2.24) is 0 Å². The topological polar surface area (TPSA) is 41.5 Å². The Bertz CT molecular complexity index is 85.5. The van der Waals surface area contributed by atoms with Gasteiger partial charge in [0.25, 0.3) is 0 Å². The van der Waals surface area contributed by atoms with Gasteiger partial charge >= 0.3 is 0 Å². The molecule has 3 nitrogen and oxygen atoms in total. The van der Waals surface area contributed by atoms with E-state index in [9.17, 15) is 4.89 Å². The van der Waals surface area contributed by atoms with Crippen LogP contribution < -0.4 is 4.89 Å². The second-order valence-electron chi connectivity index (χ2n) is 2.60. The minimum Gasteiger partial charge on any atom is -0.786 e. The Morgan fingerprint density at radius 2 is 1.38 bits per heavy atom. The molecule has 0 atom stereocenters. The van der Waals surface area contributed by atoms with E-state index in [1.807, 2.05) is 0 Å². The van der Waals surface area contributed by atoms with E-state index in [1.165, 1.54) is 0 Å². The van der Waals surface area contributed by atoms with Crippen LogP contribution in [0.1, 0.15) is 39.5 Å². The maximum absolute atomic E-state index is 10.9. The van der Waals surface area contributed by atoms with E-state index in [2.05, 4.69) is 13.8 Å². The van der Waals surface area contributed by atoms with Crippen molar-refractivity contribution in [2.24, 2.45) is 0 Å². The molecular formula is C8H18NiO3P-. The van der Waals surface area contributed by atoms with Gasteiger partial charge in [-0.15, -0.1) is 0 Å². The molecule has 0 rings (SSSR count). The van der Waals surface area contributed by atoms with Crippen LogP contribution in [0.5, 0.6) is 0 Å². The SMILES string of the molecule is CCCCOP([O-])OCCCC.[Ni]. The summed E-state index contributed by atoms with van der Waals surface area (Å²) in [6, 6.07) is 0. The fourth-order valence-corrected chi connectivity index (χ4v) is 1.23. The van der Waals surface area contributed by atoms with Crippen molar-refractivity contribution in [3.8, 4) is 0 Å². The molecule has 0 saturated heterocycles. The van der Waals surface area contributed by atoms with Crippen LogP contribution in [-0.4, -0.2) is 13.2 Å². The van der Waals surface area contributed by atoms with E-state index in [4.69, 9.17) is 9.05 Å². The van der Waals surface area contributed by atoms with Gasteiger partial charge in [0.2, 0.25) is 0 Å². The van der Waals surface area contributed by atoms with Gasteiger partial charge in [0.05, 0.1) is 21.8 Å². The maximum Gasteiger partial charge on any atom is 0.0828 e. The van der Waals surface area contributed by atoms with Gasteiger partial charge in [-0.2, -0.15) is 0 Å². The summed E-state index contributed by atoms with van der Waals surface area (Å²) in [6.45, 7) is 5.21. The van der Waals surface area contributed by atoms with Crippen LogP contribution in [0.2, 0.25) is 0 Å². The zero-order chi connectivity index (χ0) is 9.23. The normalized spacial score (nSPS) is 10.2. The van der Waals surface area contributed by atoms with Crippen molar-refractivity contribution in [2.75, 3.05) is 13.2 Å². The fourth-order valence-electron chi connectivity index (χ4n) is 0.604. The maximum atomic E-state index is 10.9. The summed E-state index contributed by atoms with van der Waals surface area (Å²) >= 11 is 0. The van der Waals surface area contributed by atoms with Crippen LogP contribution in [-0.2, 0) is 25.5 Å². The number of hydrogen-bond donors (Lipinski definition) is 0. The molecule has 0 amide bonds. The summed E-state index contributed by atoms with van der Waals surface area (Å²) in [5.41, 5.74) is 0. The second-order valence-corrected chi connectivity index (χ2v) is 3.56. The third-order valence-electron chi connectivity index (χ3n) is 1.39. The van der Waals surface area contributed by atoms with Crippen LogP contribution in [0.3, 0.4) is 0 Å². The van der Waals surface area contributed by atoms with Crippen molar-refractivity contribution in [2.45, 2.75) is 39.5 Å². The van der Waals surface area contributed by atoms with Crippen molar-refractivity contribution in [1.29, 1.82) is 0 Å². The Hall–Kier alpha value is 0.804. The second kappa shape index (κ2) is 12.8. The average molecular weight is 252 g/mol. The Morgan fingerprint density at radius 3 is 1.69 bits per heavy atom. The minimum atomic E-state index is -1.85. The van der Waals surface area contributed by atoms with Crippen molar-refractivity contribution in [3.05, 3.63) is 0 Å². The number of unbranched alkanes of at least 4 members (excludes halogenated alkanes) is 2. The largest absolute Gasteiger partial charge is 0.786 e. The zero-order valence-corrected chi connectivity index (χ0v) is 10.1. The predicted molar refractivity (Wildman–Crippen MR) is 48.6 cm³/mol. The van der Waals surface area contributed by atoms with Gasteiger partial charge in [0.15, 0.2) is 0 Å². The van der Waals surface area contributed by atoms with Gasteiger partial charge in [-0.25, -0.2) is 0 Å². The minimum absolute atomic E-state index is 0. The summed E-state index contributed by atoms with van der Waals surface area (Å²) in [6.07, 6.45) is 3.99. The molecule has 0 aliphatic carbocycles. The first kappa shape index (κ1) is 16.2. The van der Waals surface area contributed by atoms with E-state index in [1.54, 1.807) is 0 Å². The Morgan fingerprint density at radius 1 is 1.00 bits per heavy atom. The van der Waals surface area contributed by atoms with Crippen LogP contribution in [0.25, 0.3) is 0 Å². The number of rotatable bonds is 8. The summed E-state index contributed by atoms with van der Waals surface area (Å²) in [4.78, 5) is 10.9. The van der Waals surface area contributed by atoms with E-state index in [-0.39, 0.29) is 16.5 Å². The molecule has 0 radical (unpaired) electrons. The molecule has 0 aromatic carbocycles. The molecule has 0 spiro atoms.